The highest BCUT2D eigenvalue weighted by Crippen LogP contribution is 2.30. The Morgan fingerprint density at radius 2 is 1.62 bits per heavy atom. The van der Waals surface area contributed by atoms with Gasteiger partial charge in [0.15, 0.2) is 22.7 Å². The topological polar surface area (TPSA) is 84.7 Å². The van der Waals surface area contributed by atoms with Crippen LogP contribution in [0.25, 0.3) is 28.2 Å². The Hall–Kier alpha value is -3.98. The number of hydrogen-bond donors (Lipinski definition) is 0. The molecule has 0 fully saturated rings. The molecular weight excluding hydrogens is 494 g/mol. The van der Waals surface area contributed by atoms with E-state index in [-0.39, 0.29) is 0 Å². The molecule has 0 spiro atoms. The van der Waals surface area contributed by atoms with Gasteiger partial charge in [0.05, 0.1) is 18.9 Å². The Balaban J connectivity index is 1.65. The fourth-order valence-corrected chi connectivity index (χ4v) is 4.70. The van der Waals surface area contributed by atoms with Crippen LogP contribution in [-0.4, -0.2) is 36.3 Å². The van der Waals surface area contributed by atoms with Crippen molar-refractivity contribution in [3.8, 4) is 22.8 Å². The van der Waals surface area contributed by atoms with E-state index in [4.69, 9.17) is 26.1 Å². The molecule has 0 N–H and O–H groups in total. The number of aromatic nitrogens is 5. The van der Waals surface area contributed by atoms with E-state index in [0.717, 1.165) is 27.1 Å². The lowest BCUT2D eigenvalue weighted by molar-refractivity contribution is 0.287. The van der Waals surface area contributed by atoms with Crippen molar-refractivity contribution in [2.45, 2.75) is 26.8 Å². The quantitative estimate of drug-likeness (QED) is 0.307. The highest BCUT2D eigenvalue weighted by atomic mass is 35.5. The third kappa shape index (κ3) is 4.29. The molecule has 0 amide bonds. The van der Waals surface area contributed by atoms with Gasteiger partial charge < -0.3 is 14.0 Å². The summed E-state index contributed by atoms with van der Waals surface area (Å²) in [5, 5.41) is 0.638. The molecule has 0 aliphatic rings. The zero-order valence-electron chi connectivity index (χ0n) is 21.2. The van der Waals surface area contributed by atoms with Gasteiger partial charge in [0.1, 0.15) is 0 Å². The van der Waals surface area contributed by atoms with Crippen LogP contribution in [0.3, 0.4) is 0 Å². The molecule has 5 aromatic rings. The van der Waals surface area contributed by atoms with Crippen LogP contribution in [0, 0.1) is 0 Å². The normalized spacial score (nSPS) is 11.5. The summed E-state index contributed by atoms with van der Waals surface area (Å²) in [6.07, 6.45) is 2.57. The number of ether oxygens (including phenoxy) is 2. The SMILES string of the molecule is CCOc1ccc(CCn2c(-c3ccc(Cl)cc3)cn3c4c(=O)n(C)c(=O)n(C)c4nc23)cc1OCC. The molecule has 0 saturated carbocycles. The number of aryl methyl sites for hydroxylation is 3. The van der Waals surface area contributed by atoms with Gasteiger partial charge in [0, 0.05) is 31.9 Å². The van der Waals surface area contributed by atoms with Gasteiger partial charge in [-0.1, -0.05) is 29.8 Å². The minimum Gasteiger partial charge on any atom is -0.490 e. The van der Waals surface area contributed by atoms with Gasteiger partial charge in [0.2, 0.25) is 5.78 Å². The minimum atomic E-state index is -0.416. The fourth-order valence-electron chi connectivity index (χ4n) is 4.58. The van der Waals surface area contributed by atoms with Crippen LogP contribution in [0.1, 0.15) is 19.4 Å². The summed E-state index contributed by atoms with van der Waals surface area (Å²) < 4.78 is 17.8. The largest absolute Gasteiger partial charge is 0.490 e. The van der Waals surface area contributed by atoms with Crippen molar-refractivity contribution in [3.05, 3.63) is 80.1 Å². The number of hydrogen-bond acceptors (Lipinski definition) is 5. The molecule has 0 aliphatic carbocycles. The maximum absolute atomic E-state index is 13.1. The average molecular weight is 522 g/mol. The van der Waals surface area contributed by atoms with E-state index in [9.17, 15) is 9.59 Å². The van der Waals surface area contributed by atoms with Crippen LogP contribution in [0.4, 0.5) is 0 Å². The number of benzene rings is 2. The lowest BCUT2D eigenvalue weighted by atomic mass is 10.1. The van der Waals surface area contributed by atoms with Crippen molar-refractivity contribution in [2.75, 3.05) is 13.2 Å². The van der Waals surface area contributed by atoms with E-state index in [2.05, 4.69) is 4.57 Å². The van der Waals surface area contributed by atoms with E-state index < -0.39 is 11.2 Å². The predicted octanol–water partition coefficient (Wildman–Crippen LogP) is 4.05. The maximum atomic E-state index is 13.1. The van der Waals surface area contributed by atoms with Crippen molar-refractivity contribution in [1.29, 1.82) is 0 Å². The fraction of sp³-hybridized carbons (Fsp3) is 0.296. The third-order valence-electron chi connectivity index (χ3n) is 6.43. The Morgan fingerprint density at radius 1 is 0.919 bits per heavy atom. The second-order valence-corrected chi connectivity index (χ2v) is 9.17. The highest BCUT2D eigenvalue weighted by Gasteiger charge is 2.21. The zero-order valence-corrected chi connectivity index (χ0v) is 22.0. The minimum absolute atomic E-state index is 0.346. The van der Waals surface area contributed by atoms with E-state index in [1.54, 1.807) is 11.4 Å². The van der Waals surface area contributed by atoms with E-state index in [0.29, 0.717) is 53.9 Å². The number of rotatable bonds is 8. The van der Waals surface area contributed by atoms with Crippen LogP contribution in [0.5, 0.6) is 11.5 Å². The van der Waals surface area contributed by atoms with Crippen molar-refractivity contribution in [3.63, 3.8) is 0 Å². The van der Waals surface area contributed by atoms with Crippen LogP contribution in [-0.2, 0) is 27.1 Å². The maximum Gasteiger partial charge on any atom is 0.332 e. The zero-order chi connectivity index (χ0) is 26.3. The van der Waals surface area contributed by atoms with E-state index >= 15 is 0 Å². The molecule has 192 valence electrons. The van der Waals surface area contributed by atoms with E-state index in [1.165, 1.54) is 11.6 Å². The van der Waals surface area contributed by atoms with Crippen molar-refractivity contribution in [2.24, 2.45) is 14.1 Å². The highest BCUT2D eigenvalue weighted by molar-refractivity contribution is 6.30. The summed E-state index contributed by atoms with van der Waals surface area (Å²) >= 11 is 6.14. The van der Waals surface area contributed by atoms with Gasteiger partial charge in [-0.2, -0.15) is 4.98 Å². The molecule has 3 heterocycles. The summed E-state index contributed by atoms with van der Waals surface area (Å²) in [6, 6.07) is 13.5. The second kappa shape index (κ2) is 9.82. The first kappa shape index (κ1) is 24.7. The molecule has 0 unspecified atom stereocenters. The summed E-state index contributed by atoms with van der Waals surface area (Å²) in [6.45, 7) is 5.55. The average Bonchev–Trinajstić information content (AvgIpc) is 3.43. The van der Waals surface area contributed by atoms with Gasteiger partial charge in [-0.25, -0.2) is 4.79 Å². The number of halogens is 1. The Bertz CT molecular complexity index is 1730. The molecule has 0 saturated heterocycles. The molecule has 0 atom stereocenters. The standard InChI is InChI=1S/C27H28ClN5O4/c1-5-36-21-12-7-17(15-22(21)37-6-2)13-14-32-20(18-8-10-19(28)11-9-18)16-33-23-24(29-26(32)33)30(3)27(35)31(4)25(23)34/h7-12,15-16H,5-6,13-14H2,1-4H3. The summed E-state index contributed by atoms with van der Waals surface area (Å²) in [5.74, 6) is 2.01. The molecule has 37 heavy (non-hydrogen) atoms. The second-order valence-electron chi connectivity index (χ2n) is 8.73. The monoisotopic (exact) mass is 521 g/mol. The van der Waals surface area contributed by atoms with E-state index in [1.807, 2.05) is 62.5 Å². The number of nitrogens with zero attached hydrogens (tertiary/aromatic N) is 5. The molecule has 0 aliphatic heterocycles. The first-order valence-corrected chi connectivity index (χ1v) is 12.5. The van der Waals surface area contributed by atoms with Crippen molar-refractivity contribution < 1.29 is 9.47 Å². The van der Waals surface area contributed by atoms with Crippen LogP contribution < -0.4 is 20.7 Å². The molecule has 10 heteroatoms. The molecule has 3 aromatic heterocycles. The first-order chi connectivity index (χ1) is 17.8. The predicted molar refractivity (Wildman–Crippen MR) is 144 cm³/mol. The van der Waals surface area contributed by atoms with Crippen molar-refractivity contribution >= 4 is 28.5 Å². The molecule has 5 rings (SSSR count). The Morgan fingerprint density at radius 3 is 2.32 bits per heavy atom. The molecular formula is C27H28ClN5O4. The van der Waals surface area contributed by atoms with Crippen molar-refractivity contribution in [1.82, 2.24) is 23.1 Å². The van der Waals surface area contributed by atoms with Gasteiger partial charge >= 0.3 is 5.69 Å². The molecule has 2 aromatic carbocycles. The van der Waals surface area contributed by atoms with Gasteiger partial charge in [0.25, 0.3) is 5.56 Å². The van der Waals surface area contributed by atoms with Crippen LogP contribution >= 0.6 is 11.6 Å². The lowest BCUT2D eigenvalue weighted by Crippen LogP contribution is -2.37. The third-order valence-corrected chi connectivity index (χ3v) is 6.68. The molecule has 0 bridgehead atoms. The number of imidazole rings is 2. The van der Waals surface area contributed by atoms with Gasteiger partial charge in [-0.15, -0.1) is 0 Å². The van der Waals surface area contributed by atoms with Crippen LogP contribution in [0.2, 0.25) is 5.02 Å². The Kier molecular flexibility index (Phi) is 6.55. The summed E-state index contributed by atoms with van der Waals surface area (Å²) in [4.78, 5) is 30.3. The number of fused-ring (bicyclic) bond motifs is 3. The van der Waals surface area contributed by atoms with Gasteiger partial charge in [-0.05, 0) is 55.7 Å². The van der Waals surface area contributed by atoms with Crippen LogP contribution in [0.15, 0.2) is 58.3 Å². The lowest BCUT2D eigenvalue weighted by Gasteiger charge is -2.13. The Labute approximate surface area is 218 Å². The smallest absolute Gasteiger partial charge is 0.332 e. The van der Waals surface area contributed by atoms with Gasteiger partial charge in [-0.3, -0.25) is 18.3 Å². The molecule has 0 radical (unpaired) electrons. The summed E-state index contributed by atoms with van der Waals surface area (Å²) in [5.41, 5.74) is 2.78. The first-order valence-electron chi connectivity index (χ1n) is 12.2. The molecule has 9 nitrogen and oxygen atoms in total. The summed E-state index contributed by atoms with van der Waals surface area (Å²) in [7, 11) is 3.10.